The van der Waals surface area contributed by atoms with Crippen LogP contribution < -0.4 is 5.32 Å². The average molecular weight is 339 g/mol. The molecule has 0 spiro atoms. The van der Waals surface area contributed by atoms with Gasteiger partial charge in [0.05, 0.1) is 4.90 Å². The molecule has 0 aliphatic rings. The van der Waals surface area contributed by atoms with E-state index >= 15 is 0 Å². The summed E-state index contributed by atoms with van der Waals surface area (Å²) in [6.07, 6.45) is 3.05. The molecule has 5 nitrogen and oxygen atoms in total. The molecule has 0 saturated heterocycles. The van der Waals surface area contributed by atoms with Crippen molar-refractivity contribution in [3.63, 3.8) is 0 Å². The van der Waals surface area contributed by atoms with Gasteiger partial charge in [-0.2, -0.15) is 0 Å². The summed E-state index contributed by atoms with van der Waals surface area (Å²) in [6.45, 7) is -0.0610. The zero-order valence-corrected chi connectivity index (χ0v) is 13.2. The Kier molecular flexibility index (Phi) is 5.51. The third kappa shape index (κ3) is 3.84. The maximum absolute atomic E-state index is 12.8. The number of rotatable bonds is 6. The van der Waals surface area contributed by atoms with Crippen molar-refractivity contribution < 1.29 is 13.2 Å². The smallest absolute Gasteiger partial charge is 0.234 e. The third-order valence-corrected chi connectivity index (χ3v) is 5.47. The van der Waals surface area contributed by atoms with Crippen LogP contribution >= 0.6 is 11.6 Å². The van der Waals surface area contributed by atoms with Gasteiger partial charge in [-0.05, 0) is 23.8 Å². The molecule has 0 aliphatic carbocycles. The van der Waals surface area contributed by atoms with Crippen molar-refractivity contribution >= 4 is 27.3 Å². The van der Waals surface area contributed by atoms with E-state index in [1.54, 1.807) is 36.5 Å². The molecule has 2 aromatic rings. The van der Waals surface area contributed by atoms with E-state index in [1.807, 2.05) is 0 Å². The molecule has 0 radical (unpaired) electrons. The summed E-state index contributed by atoms with van der Waals surface area (Å²) in [7, 11) is -3.66. The van der Waals surface area contributed by atoms with Gasteiger partial charge in [0.1, 0.15) is 11.1 Å². The molecule has 1 N–H and O–H groups in total. The summed E-state index contributed by atoms with van der Waals surface area (Å²) in [4.78, 5) is 15.5. The van der Waals surface area contributed by atoms with E-state index in [9.17, 15) is 13.2 Å². The number of halogens is 1. The van der Waals surface area contributed by atoms with Crippen molar-refractivity contribution in [2.45, 2.75) is 10.1 Å². The van der Waals surface area contributed by atoms with Crippen molar-refractivity contribution in [1.29, 1.82) is 0 Å². The summed E-state index contributed by atoms with van der Waals surface area (Å²) in [5.74, 6) is -0.635. The fraction of sp³-hybridized carbons (Fsp3) is 0.200. The number of hydrogen-bond donors (Lipinski definition) is 1. The summed E-state index contributed by atoms with van der Waals surface area (Å²) >= 11 is 5.44. The number of pyridine rings is 1. The van der Waals surface area contributed by atoms with Crippen LogP contribution in [0.15, 0.2) is 59.8 Å². The minimum atomic E-state index is -3.66. The highest BCUT2D eigenvalue weighted by atomic mass is 35.5. The second-order valence-corrected chi connectivity index (χ2v) is 6.97. The molecule has 0 aliphatic heterocycles. The highest BCUT2D eigenvalue weighted by molar-refractivity contribution is 7.91. The van der Waals surface area contributed by atoms with E-state index in [1.165, 1.54) is 18.3 Å². The fourth-order valence-corrected chi connectivity index (χ4v) is 3.76. The molecule has 1 aromatic carbocycles. The van der Waals surface area contributed by atoms with Crippen molar-refractivity contribution in [1.82, 2.24) is 10.3 Å². The van der Waals surface area contributed by atoms with Gasteiger partial charge in [0, 0.05) is 18.9 Å². The zero-order valence-electron chi connectivity index (χ0n) is 11.6. The highest BCUT2D eigenvalue weighted by Gasteiger charge is 2.29. The van der Waals surface area contributed by atoms with Crippen LogP contribution in [-0.4, -0.2) is 31.7 Å². The maximum Gasteiger partial charge on any atom is 0.234 e. The van der Waals surface area contributed by atoms with Crippen LogP contribution in [0.4, 0.5) is 0 Å². The lowest BCUT2D eigenvalue weighted by Crippen LogP contribution is -2.32. The lowest BCUT2D eigenvalue weighted by molar-refractivity contribution is -0.118. The molecule has 0 saturated carbocycles. The first-order valence-corrected chi connectivity index (χ1v) is 8.65. The van der Waals surface area contributed by atoms with Crippen LogP contribution in [0.1, 0.15) is 10.8 Å². The van der Waals surface area contributed by atoms with Gasteiger partial charge in [-0.3, -0.25) is 9.78 Å². The number of benzene rings is 1. The molecule has 2 rings (SSSR count). The van der Waals surface area contributed by atoms with E-state index in [2.05, 4.69) is 10.3 Å². The number of aromatic nitrogens is 1. The average Bonchev–Trinajstić information content (AvgIpc) is 2.56. The lowest BCUT2D eigenvalue weighted by Gasteiger charge is -2.18. The molecule has 1 aromatic heterocycles. The van der Waals surface area contributed by atoms with E-state index < -0.39 is 21.0 Å². The molecule has 0 bridgehead atoms. The largest absolute Gasteiger partial charge is 0.353 e. The molecule has 1 atom stereocenters. The number of amides is 1. The molecule has 0 unspecified atom stereocenters. The number of sulfone groups is 1. The molecular formula is C15H15ClN2O3S. The predicted octanol–water partition coefficient (Wildman–Crippen LogP) is 1.95. The number of nitrogens with zero attached hydrogens (tertiary/aromatic N) is 1. The van der Waals surface area contributed by atoms with Crippen molar-refractivity contribution in [2.24, 2.45) is 0 Å². The fourth-order valence-electron chi connectivity index (χ4n) is 2.00. The van der Waals surface area contributed by atoms with Gasteiger partial charge in [0.25, 0.3) is 0 Å². The molecular weight excluding hydrogens is 324 g/mol. The molecule has 1 heterocycles. The SMILES string of the molecule is O=C(CCl)NC[C@@H](c1cccnc1)S(=O)(=O)c1ccccc1. The van der Waals surface area contributed by atoms with Gasteiger partial charge in [-0.25, -0.2) is 8.42 Å². The second kappa shape index (κ2) is 7.38. The first-order valence-electron chi connectivity index (χ1n) is 6.57. The van der Waals surface area contributed by atoms with Crippen LogP contribution in [0.3, 0.4) is 0 Å². The van der Waals surface area contributed by atoms with Crippen LogP contribution in [0, 0.1) is 0 Å². The van der Waals surface area contributed by atoms with Gasteiger partial charge >= 0.3 is 0 Å². The summed E-state index contributed by atoms with van der Waals surface area (Å²) < 4.78 is 25.6. The van der Waals surface area contributed by atoms with Gasteiger partial charge in [-0.15, -0.1) is 11.6 Å². The topological polar surface area (TPSA) is 76.1 Å². The highest BCUT2D eigenvalue weighted by Crippen LogP contribution is 2.27. The summed E-state index contributed by atoms with van der Waals surface area (Å²) in [5.41, 5.74) is 0.515. The Morgan fingerprint density at radius 3 is 2.50 bits per heavy atom. The van der Waals surface area contributed by atoms with E-state index in [4.69, 9.17) is 11.6 Å². The predicted molar refractivity (Wildman–Crippen MR) is 84.3 cm³/mol. The van der Waals surface area contributed by atoms with E-state index in [-0.39, 0.29) is 17.3 Å². The zero-order chi connectivity index (χ0) is 16.0. The number of carbonyl (C=O) groups is 1. The maximum atomic E-state index is 12.8. The van der Waals surface area contributed by atoms with Crippen molar-refractivity contribution in [3.8, 4) is 0 Å². The molecule has 116 valence electrons. The number of nitrogens with one attached hydrogen (secondary N) is 1. The second-order valence-electron chi connectivity index (χ2n) is 4.57. The van der Waals surface area contributed by atoms with Crippen molar-refractivity contribution in [3.05, 3.63) is 60.4 Å². The Morgan fingerprint density at radius 2 is 1.91 bits per heavy atom. The Bertz CT molecular complexity index is 721. The Labute approximate surface area is 134 Å². The van der Waals surface area contributed by atoms with Gasteiger partial charge in [0.2, 0.25) is 5.91 Å². The first kappa shape index (κ1) is 16.5. The van der Waals surface area contributed by atoms with Gasteiger partial charge in [-0.1, -0.05) is 24.3 Å². The van der Waals surface area contributed by atoms with Crippen LogP contribution in [0.25, 0.3) is 0 Å². The van der Waals surface area contributed by atoms with E-state index in [0.717, 1.165) is 0 Å². The number of hydrogen-bond acceptors (Lipinski definition) is 4. The molecule has 0 fully saturated rings. The minimum Gasteiger partial charge on any atom is -0.353 e. The summed E-state index contributed by atoms with van der Waals surface area (Å²) in [6, 6.07) is 11.4. The molecule has 22 heavy (non-hydrogen) atoms. The van der Waals surface area contributed by atoms with Gasteiger partial charge in [0.15, 0.2) is 9.84 Å². The van der Waals surface area contributed by atoms with E-state index in [0.29, 0.717) is 5.56 Å². The Balaban J connectivity index is 2.38. The first-order chi connectivity index (χ1) is 10.6. The monoisotopic (exact) mass is 338 g/mol. The van der Waals surface area contributed by atoms with Crippen LogP contribution in [-0.2, 0) is 14.6 Å². The lowest BCUT2D eigenvalue weighted by atomic mass is 10.2. The standard InChI is InChI=1S/C15H15ClN2O3S/c16-9-15(19)18-11-14(12-5-4-8-17-10-12)22(20,21)13-6-2-1-3-7-13/h1-8,10,14H,9,11H2,(H,18,19)/t14-/m0/s1. The van der Waals surface area contributed by atoms with Crippen LogP contribution in [0.5, 0.6) is 0 Å². The minimum absolute atomic E-state index is 0.0610. The number of carbonyl (C=O) groups excluding carboxylic acids is 1. The van der Waals surface area contributed by atoms with Crippen molar-refractivity contribution in [2.75, 3.05) is 12.4 Å². The molecule has 7 heteroatoms. The quantitative estimate of drug-likeness (QED) is 0.817. The third-order valence-electron chi connectivity index (χ3n) is 3.11. The summed E-state index contributed by atoms with van der Waals surface area (Å²) in [5, 5.41) is 1.61. The Hall–Kier alpha value is -1.92. The Morgan fingerprint density at radius 1 is 1.18 bits per heavy atom. The van der Waals surface area contributed by atoms with Gasteiger partial charge < -0.3 is 5.32 Å². The van der Waals surface area contributed by atoms with Crippen LogP contribution in [0.2, 0.25) is 0 Å². The normalized spacial score (nSPS) is 12.6. The number of alkyl halides is 1. The molecule has 1 amide bonds.